The Morgan fingerprint density at radius 3 is 2.55 bits per heavy atom. The second-order valence-corrected chi connectivity index (χ2v) is 5.55. The largest absolute Gasteiger partial charge is 0.335 e. The van der Waals surface area contributed by atoms with Crippen molar-refractivity contribution in [2.45, 2.75) is 45.2 Å². The van der Waals surface area contributed by atoms with E-state index >= 15 is 0 Å². The van der Waals surface area contributed by atoms with E-state index in [0.29, 0.717) is 19.1 Å². The lowest BCUT2D eigenvalue weighted by molar-refractivity contribution is -0.136. The van der Waals surface area contributed by atoms with E-state index < -0.39 is 0 Å². The van der Waals surface area contributed by atoms with Gasteiger partial charge in [-0.05, 0) is 37.0 Å². The molecule has 1 unspecified atom stereocenters. The number of hydrogen-bond acceptors (Lipinski definition) is 2. The summed E-state index contributed by atoms with van der Waals surface area (Å²) in [5.41, 5.74) is 6.71. The van der Waals surface area contributed by atoms with Gasteiger partial charge in [0, 0.05) is 19.1 Å². The third kappa shape index (κ3) is 3.79. The Labute approximate surface area is 120 Å². The van der Waals surface area contributed by atoms with Gasteiger partial charge in [0.25, 0.3) is 0 Å². The first-order chi connectivity index (χ1) is 9.65. The predicted molar refractivity (Wildman–Crippen MR) is 77.4 cm³/mol. The molecule has 2 N–H and O–H groups in total. The summed E-state index contributed by atoms with van der Waals surface area (Å²) >= 11 is 0. The number of benzene rings is 1. The van der Waals surface area contributed by atoms with Crippen LogP contribution in [-0.2, 0) is 11.3 Å². The lowest BCUT2D eigenvalue weighted by Crippen LogP contribution is -2.40. The van der Waals surface area contributed by atoms with E-state index in [1.54, 1.807) is 12.1 Å². The monoisotopic (exact) mass is 278 g/mol. The molecule has 0 saturated heterocycles. The predicted octanol–water partition coefficient (Wildman–Crippen LogP) is 2.69. The fraction of sp³-hybridized carbons (Fsp3) is 0.562. The Morgan fingerprint density at radius 2 is 2.05 bits per heavy atom. The highest BCUT2D eigenvalue weighted by Crippen LogP contribution is 2.30. The quantitative estimate of drug-likeness (QED) is 0.833. The zero-order valence-electron chi connectivity index (χ0n) is 12.0. The number of carbonyl (C=O) groups is 1. The highest BCUT2D eigenvalue weighted by atomic mass is 19.1. The topological polar surface area (TPSA) is 46.3 Å². The van der Waals surface area contributed by atoms with Crippen LogP contribution in [0.2, 0.25) is 0 Å². The Balaban J connectivity index is 2.06. The molecule has 110 valence electrons. The van der Waals surface area contributed by atoms with E-state index in [4.69, 9.17) is 5.73 Å². The smallest absolute Gasteiger partial charge is 0.227 e. The van der Waals surface area contributed by atoms with Crippen LogP contribution in [0.1, 0.15) is 38.2 Å². The molecule has 1 aromatic carbocycles. The first-order valence-corrected chi connectivity index (χ1v) is 7.40. The molecule has 1 atom stereocenters. The standard InChI is InChI=1S/C16H23FN2O/c1-2-3-13(10-18)16(20)19(15-8-9-15)11-12-4-6-14(17)7-5-12/h4-7,13,15H,2-3,8-11,18H2,1H3. The fourth-order valence-corrected chi connectivity index (χ4v) is 2.48. The van der Waals surface area contributed by atoms with E-state index in [-0.39, 0.29) is 17.6 Å². The maximum atomic E-state index is 12.9. The van der Waals surface area contributed by atoms with Gasteiger partial charge in [-0.3, -0.25) is 4.79 Å². The molecule has 3 nitrogen and oxygen atoms in total. The molecule has 0 bridgehead atoms. The van der Waals surface area contributed by atoms with E-state index in [9.17, 15) is 9.18 Å². The van der Waals surface area contributed by atoms with Crippen LogP contribution in [0.4, 0.5) is 4.39 Å². The number of hydrogen-bond donors (Lipinski definition) is 1. The third-order valence-corrected chi connectivity index (χ3v) is 3.81. The molecular weight excluding hydrogens is 255 g/mol. The summed E-state index contributed by atoms with van der Waals surface area (Å²) in [7, 11) is 0. The van der Waals surface area contributed by atoms with E-state index in [0.717, 1.165) is 31.2 Å². The van der Waals surface area contributed by atoms with E-state index in [2.05, 4.69) is 6.92 Å². The molecule has 1 aromatic rings. The molecular formula is C16H23FN2O. The first kappa shape index (κ1) is 15.0. The molecule has 0 aromatic heterocycles. The van der Waals surface area contributed by atoms with Crippen LogP contribution in [0.25, 0.3) is 0 Å². The van der Waals surface area contributed by atoms with Gasteiger partial charge in [-0.15, -0.1) is 0 Å². The Bertz CT molecular complexity index is 442. The second-order valence-electron chi connectivity index (χ2n) is 5.55. The number of nitrogens with zero attached hydrogens (tertiary/aromatic N) is 1. The number of halogens is 1. The zero-order chi connectivity index (χ0) is 14.5. The van der Waals surface area contributed by atoms with E-state index in [1.165, 1.54) is 12.1 Å². The minimum absolute atomic E-state index is 0.0824. The summed E-state index contributed by atoms with van der Waals surface area (Å²) in [6, 6.07) is 6.72. The van der Waals surface area contributed by atoms with Crippen molar-refractivity contribution < 1.29 is 9.18 Å². The fourth-order valence-electron chi connectivity index (χ4n) is 2.48. The van der Waals surface area contributed by atoms with Crippen LogP contribution in [0.3, 0.4) is 0 Å². The highest BCUT2D eigenvalue weighted by Gasteiger charge is 2.35. The molecule has 4 heteroatoms. The maximum Gasteiger partial charge on any atom is 0.227 e. The number of amides is 1. The lowest BCUT2D eigenvalue weighted by Gasteiger charge is -2.27. The average molecular weight is 278 g/mol. The highest BCUT2D eigenvalue weighted by molar-refractivity contribution is 5.79. The second kappa shape index (κ2) is 6.84. The van der Waals surface area contributed by atoms with Crippen molar-refractivity contribution in [1.82, 2.24) is 4.90 Å². The summed E-state index contributed by atoms with van der Waals surface area (Å²) in [6.45, 7) is 3.03. The van der Waals surface area contributed by atoms with Gasteiger partial charge in [0.15, 0.2) is 0 Å². The minimum Gasteiger partial charge on any atom is -0.335 e. The normalized spacial score (nSPS) is 15.9. The molecule has 1 fully saturated rings. The van der Waals surface area contributed by atoms with Crippen molar-refractivity contribution in [3.8, 4) is 0 Å². The van der Waals surface area contributed by atoms with Crippen molar-refractivity contribution in [2.75, 3.05) is 6.54 Å². The number of carbonyl (C=O) groups excluding carboxylic acids is 1. The maximum absolute atomic E-state index is 12.9. The van der Waals surface area contributed by atoms with Crippen molar-refractivity contribution in [1.29, 1.82) is 0 Å². The van der Waals surface area contributed by atoms with Crippen molar-refractivity contribution in [2.24, 2.45) is 11.7 Å². The van der Waals surface area contributed by atoms with Gasteiger partial charge in [0.05, 0.1) is 5.92 Å². The Kier molecular flexibility index (Phi) is 5.12. The van der Waals surface area contributed by atoms with Crippen LogP contribution < -0.4 is 5.73 Å². The molecule has 0 spiro atoms. The summed E-state index contributed by atoms with van der Waals surface area (Å²) in [5.74, 6) is -0.175. The molecule has 1 amide bonds. The van der Waals surface area contributed by atoms with Crippen LogP contribution in [0, 0.1) is 11.7 Å². The molecule has 0 radical (unpaired) electrons. The third-order valence-electron chi connectivity index (χ3n) is 3.81. The van der Waals surface area contributed by atoms with Crippen LogP contribution in [0.5, 0.6) is 0 Å². The van der Waals surface area contributed by atoms with Gasteiger partial charge < -0.3 is 10.6 Å². The van der Waals surface area contributed by atoms with Gasteiger partial charge >= 0.3 is 0 Å². The van der Waals surface area contributed by atoms with Crippen molar-refractivity contribution in [3.05, 3.63) is 35.6 Å². The summed E-state index contributed by atoms with van der Waals surface area (Å²) < 4.78 is 12.9. The van der Waals surface area contributed by atoms with Gasteiger partial charge in [0.1, 0.15) is 5.82 Å². The Hall–Kier alpha value is -1.42. The summed E-state index contributed by atoms with van der Waals surface area (Å²) in [5, 5.41) is 0. The summed E-state index contributed by atoms with van der Waals surface area (Å²) in [6.07, 6.45) is 3.93. The molecule has 2 rings (SSSR count). The average Bonchev–Trinajstić information content (AvgIpc) is 3.28. The van der Waals surface area contributed by atoms with Crippen LogP contribution in [-0.4, -0.2) is 23.4 Å². The first-order valence-electron chi connectivity index (χ1n) is 7.40. The van der Waals surface area contributed by atoms with E-state index in [1.807, 2.05) is 4.90 Å². The number of nitrogens with two attached hydrogens (primary N) is 1. The van der Waals surface area contributed by atoms with Crippen LogP contribution in [0.15, 0.2) is 24.3 Å². The Morgan fingerprint density at radius 1 is 1.40 bits per heavy atom. The molecule has 1 saturated carbocycles. The molecule has 0 heterocycles. The molecule has 1 aliphatic rings. The number of rotatable bonds is 7. The minimum atomic E-state index is -0.246. The molecule has 20 heavy (non-hydrogen) atoms. The summed E-state index contributed by atoms with van der Waals surface area (Å²) in [4.78, 5) is 14.5. The van der Waals surface area contributed by atoms with Gasteiger partial charge in [0.2, 0.25) is 5.91 Å². The lowest BCUT2D eigenvalue weighted by atomic mass is 10.0. The van der Waals surface area contributed by atoms with Crippen LogP contribution >= 0.6 is 0 Å². The van der Waals surface area contributed by atoms with Gasteiger partial charge in [-0.25, -0.2) is 4.39 Å². The van der Waals surface area contributed by atoms with Gasteiger partial charge in [-0.2, -0.15) is 0 Å². The van der Waals surface area contributed by atoms with Crippen molar-refractivity contribution in [3.63, 3.8) is 0 Å². The van der Waals surface area contributed by atoms with Gasteiger partial charge in [-0.1, -0.05) is 25.5 Å². The van der Waals surface area contributed by atoms with Crippen molar-refractivity contribution >= 4 is 5.91 Å². The zero-order valence-corrected chi connectivity index (χ0v) is 12.0. The molecule has 1 aliphatic carbocycles. The molecule has 0 aliphatic heterocycles. The SMILES string of the molecule is CCCC(CN)C(=O)N(Cc1ccc(F)cc1)C1CC1.